The van der Waals surface area contributed by atoms with Crippen LogP contribution in [0.15, 0.2) is 39.0 Å². The van der Waals surface area contributed by atoms with Crippen LogP contribution in [0.25, 0.3) is 0 Å². The Hall–Kier alpha value is -0.730. The SMILES string of the molecule is Cc1ccsc1CNS(=O)(=O)c1cc(CN)ccc1Br. The van der Waals surface area contributed by atoms with Crippen LogP contribution in [0, 0.1) is 6.92 Å². The number of hydrogen-bond donors (Lipinski definition) is 2. The molecular formula is C13H15BrN2O2S2. The monoisotopic (exact) mass is 374 g/mol. The summed E-state index contributed by atoms with van der Waals surface area (Å²) in [5, 5.41) is 1.95. The van der Waals surface area contributed by atoms with Gasteiger partial charge in [0.1, 0.15) is 0 Å². The number of nitrogens with one attached hydrogen (secondary N) is 1. The summed E-state index contributed by atoms with van der Waals surface area (Å²) < 4.78 is 27.9. The molecule has 0 aliphatic rings. The van der Waals surface area contributed by atoms with Gasteiger partial charge < -0.3 is 5.73 Å². The first-order valence-electron chi connectivity index (χ1n) is 5.95. The molecule has 0 unspecified atom stereocenters. The highest BCUT2D eigenvalue weighted by Crippen LogP contribution is 2.24. The van der Waals surface area contributed by atoms with Crippen molar-refractivity contribution in [3.8, 4) is 0 Å². The molecule has 4 nitrogen and oxygen atoms in total. The van der Waals surface area contributed by atoms with Crippen LogP contribution in [0.1, 0.15) is 16.0 Å². The van der Waals surface area contributed by atoms with Crippen molar-refractivity contribution in [3.05, 3.63) is 50.1 Å². The van der Waals surface area contributed by atoms with Gasteiger partial charge in [-0.1, -0.05) is 6.07 Å². The van der Waals surface area contributed by atoms with E-state index in [0.29, 0.717) is 17.6 Å². The predicted octanol–water partition coefficient (Wildman–Crippen LogP) is 2.76. The average molecular weight is 375 g/mol. The summed E-state index contributed by atoms with van der Waals surface area (Å²) in [7, 11) is -3.56. The molecule has 0 saturated carbocycles. The van der Waals surface area contributed by atoms with Gasteiger partial charge in [-0.2, -0.15) is 0 Å². The van der Waals surface area contributed by atoms with Gasteiger partial charge in [-0.15, -0.1) is 11.3 Å². The van der Waals surface area contributed by atoms with E-state index in [1.165, 1.54) is 11.3 Å². The number of aryl methyl sites for hydroxylation is 1. The van der Waals surface area contributed by atoms with E-state index in [-0.39, 0.29) is 4.90 Å². The Morgan fingerprint density at radius 1 is 1.35 bits per heavy atom. The number of nitrogens with two attached hydrogens (primary N) is 1. The molecule has 3 N–H and O–H groups in total. The highest BCUT2D eigenvalue weighted by Gasteiger charge is 2.18. The van der Waals surface area contributed by atoms with E-state index >= 15 is 0 Å². The fraction of sp³-hybridized carbons (Fsp3) is 0.231. The summed E-state index contributed by atoms with van der Waals surface area (Å²) in [5.41, 5.74) is 7.42. The Balaban J connectivity index is 2.24. The van der Waals surface area contributed by atoms with Crippen molar-refractivity contribution in [2.75, 3.05) is 0 Å². The second-order valence-electron chi connectivity index (χ2n) is 4.32. The molecule has 0 fully saturated rings. The molecule has 0 atom stereocenters. The number of rotatable bonds is 5. The zero-order valence-electron chi connectivity index (χ0n) is 10.9. The molecule has 108 valence electrons. The van der Waals surface area contributed by atoms with Gasteiger partial charge in [0.15, 0.2) is 0 Å². The van der Waals surface area contributed by atoms with Crippen LogP contribution in [-0.4, -0.2) is 8.42 Å². The molecule has 0 amide bonds. The van der Waals surface area contributed by atoms with Crippen LogP contribution in [0.4, 0.5) is 0 Å². The molecule has 0 bridgehead atoms. The van der Waals surface area contributed by atoms with Crippen molar-refractivity contribution in [1.29, 1.82) is 0 Å². The van der Waals surface area contributed by atoms with Crippen molar-refractivity contribution < 1.29 is 8.42 Å². The Morgan fingerprint density at radius 3 is 2.70 bits per heavy atom. The Kier molecular flexibility index (Phi) is 4.98. The van der Waals surface area contributed by atoms with Gasteiger partial charge in [0.25, 0.3) is 0 Å². The van der Waals surface area contributed by atoms with Gasteiger partial charge >= 0.3 is 0 Å². The summed E-state index contributed by atoms with van der Waals surface area (Å²) in [6.45, 7) is 2.57. The van der Waals surface area contributed by atoms with Crippen molar-refractivity contribution in [2.45, 2.75) is 24.9 Å². The summed E-state index contributed by atoms with van der Waals surface area (Å²) >= 11 is 4.81. The van der Waals surface area contributed by atoms with Crippen LogP contribution in [0.2, 0.25) is 0 Å². The number of benzene rings is 1. The topological polar surface area (TPSA) is 72.2 Å². The van der Waals surface area contributed by atoms with Gasteiger partial charge in [-0.05, 0) is 57.6 Å². The minimum absolute atomic E-state index is 0.217. The van der Waals surface area contributed by atoms with E-state index in [9.17, 15) is 8.42 Å². The van der Waals surface area contributed by atoms with Gasteiger partial charge in [0, 0.05) is 22.4 Å². The third-order valence-corrected chi connectivity index (χ3v) is 6.33. The minimum atomic E-state index is -3.56. The summed E-state index contributed by atoms with van der Waals surface area (Å²) in [6, 6.07) is 7.06. The van der Waals surface area contributed by atoms with Crippen LogP contribution in [0.3, 0.4) is 0 Å². The second kappa shape index (κ2) is 6.36. The molecule has 2 rings (SSSR count). The van der Waals surface area contributed by atoms with Crippen molar-refractivity contribution in [1.82, 2.24) is 4.72 Å². The number of hydrogen-bond acceptors (Lipinski definition) is 4. The second-order valence-corrected chi connectivity index (χ2v) is 7.91. The molecule has 1 aromatic heterocycles. The largest absolute Gasteiger partial charge is 0.326 e. The lowest BCUT2D eigenvalue weighted by Crippen LogP contribution is -2.23. The third-order valence-electron chi connectivity index (χ3n) is 2.91. The smallest absolute Gasteiger partial charge is 0.242 e. The number of halogens is 1. The van der Waals surface area contributed by atoms with E-state index < -0.39 is 10.0 Å². The third kappa shape index (κ3) is 3.48. The summed E-state index contributed by atoms with van der Waals surface area (Å²) in [5.74, 6) is 0. The van der Waals surface area contributed by atoms with Gasteiger partial charge in [0.05, 0.1) is 4.90 Å². The van der Waals surface area contributed by atoms with Crippen LogP contribution in [0.5, 0.6) is 0 Å². The first-order valence-corrected chi connectivity index (χ1v) is 9.11. The zero-order valence-corrected chi connectivity index (χ0v) is 14.1. The Bertz CT molecular complexity index is 711. The van der Waals surface area contributed by atoms with E-state index in [1.807, 2.05) is 18.4 Å². The van der Waals surface area contributed by atoms with Gasteiger partial charge in [0.2, 0.25) is 10.0 Å². The summed E-state index contributed by atoms with van der Waals surface area (Å²) in [6.07, 6.45) is 0. The van der Waals surface area contributed by atoms with Crippen LogP contribution >= 0.6 is 27.3 Å². The highest BCUT2D eigenvalue weighted by atomic mass is 79.9. The molecule has 0 aliphatic carbocycles. The minimum Gasteiger partial charge on any atom is -0.326 e. The number of sulfonamides is 1. The first kappa shape index (κ1) is 15.7. The number of thiophene rings is 1. The van der Waals surface area contributed by atoms with E-state index in [0.717, 1.165) is 16.0 Å². The van der Waals surface area contributed by atoms with E-state index in [1.54, 1.807) is 18.2 Å². The normalized spacial score (nSPS) is 11.8. The molecule has 0 spiro atoms. The molecule has 0 aliphatic heterocycles. The maximum absolute atomic E-state index is 12.4. The molecule has 7 heteroatoms. The summed E-state index contributed by atoms with van der Waals surface area (Å²) in [4.78, 5) is 1.23. The van der Waals surface area contributed by atoms with Gasteiger partial charge in [-0.3, -0.25) is 0 Å². The predicted molar refractivity (Wildman–Crippen MR) is 85.1 cm³/mol. The quantitative estimate of drug-likeness (QED) is 0.844. The first-order chi connectivity index (χ1) is 9.44. The van der Waals surface area contributed by atoms with Crippen molar-refractivity contribution in [2.24, 2.45) is 5.73 Å². The maximum Gasteiger partial charge on any atom is 0.242 e. The van der Waals surface area contributed by atoms with Gasteiger partial charge in [-0.25, -0.2) is 13.1 Å². The average Bonchev–Trinajstić information content (AvgIpc) is 2.82. The molecule has 2 aromatic rings. The molecule has 1 aromatic carbocycles. The lowest BCUT2D eigenvalue weighted by atomic mass is 10.2. The fourth-order valence-electron chi connectivity index (χ4n) is 1.70. The highest BCUT2D eigenvalue weighted by molar-refractivity contribution is 9.10. The molecule has 0 saturated heterocycles. The van der Waals surface area contributed by atoms with Crippen LogP contribution < -0.4 is 10.5 Å². The van der Waals surface area contributed by atoms with Crippen LogP contribution in [-0.2, 0) is 23.1 Å². The Morgan fingerprint density at radius 2 is 2.10 bits per heavy atom. The van der Waals surface area contributed by atoms with E-state index in [2.05, 4.69) is 20.7 Å². The maximum atomic E-state index is 12.4. The Labute approximate surface area is 131 Å². The molecule has 0 radical (unpaired) electrons. The zero-order chi connectivity index (χ0) is 14.8. The van der Waals surface area contributed by atoms with Crippen molar-refractivity contribution in [3.63, 3.8) is 0 Å². The lowest BCUT2D eigenvalue weighted by molar-refractivity contribution is 0.581. The molecular weight excluding hydrogens is 360 g/mol. The molecule has 1 heterocycles. The lowest BCUT2D eigenvalue weighted by Gasteiger charge is -2.09. The standard InChI is InChI=1S/C13H15BrN2O2S2/c1-9-4-5-19-12(9)8-16-20(17,18)13-6-10(7-15)2-3-11(13)14/h2-6,16H,7-8,15H2,1H3. The molecule has 20 heavy (non-hydrogen) atoms. The van der Waals surface area contributed by atoms with E-state index in [4.69, 9.17) is 5.73 Å². The fourth-order valence-corrected chi connectivity index (χ4v) is 4.65. The van der Waals surface area contributed by atoms with Crippen molar-refractivity contribution >= 4 is 37.3 Å².